The summed E-state index contributed by atoms with van der Waals surface area (Å²) in [7, 11) is 0. The Morgan fingerprint density at radius 1 is 0.974 bits per heavy atom. The van der Waals surface area contributed by atoms with Crippen LogP contribution in [0.25, 0.3) is 55.8 Å². The van der Waals surface area contributed by atoms with Crippen molar-refractivity contribution in [2.45, 2.75) is 19.3 Å². The fourth-order valence-electron chi connectivity index (χ4n) is 4.86. The molecule has 4 heterocycles. The number of aromatic amines is 2. The van der Waals surface area contributed by atoms with Crippen molar-refractivity contribution in [3.05, 3.63) is 79.0 Å². The van der Waals surface area contributed by atoms with Crippen LogP contribution in [0, 0.1) is 11.7 Å². The summed E-state index contributed by atoms with van der Waals surface area (Å²) in [6.45, 7) is 0. The molecule has 0 saturated heterocycles. The number of anilines is 1. The van der Waals surface area contributed by atoms with Gasteiger partial charge in [0.15, 0.2) is 5.82 Å². The van der Waals surface area contributed by atoms with Gasteiger partial charge in [-0.25, -0.2) is 9.37 Å². The van der Waals surface area contributed by atoms with Crippen molar-refractivity contribution >= 4 is 33.5 Å². The number of fused-ring (bicyclic) bond motifs is 2. The van der Waals surface area contributed by atoms with E-state index in [1.807, 2.05) is 36.4 Å². The molecular formula is C29H22FN7O. The lowest BCUT2D eigenvalue weighted by Crippen LogP contribution is -2.28. The van der Waals surface area contributed by atoms with Crippen LogP contribution in [0.2, 0.25) is 0 Å². The minimum Gasteiger partial charge on any atom is -0.337 e. The third-order valence-electron chi connectivity index (χ3n) is 7.13. The SMILES string of the molecule is O=C(Nc1cncc(-c2cc3c(-c4nc5c(-c6ccccc6F)cccc5[nH]4)n[nH]c3cn2)c1)C1CCC1. The highest BCUT2D eigenvalue weighted by Crippen LogP contribution is 2.34. The summed E-state index contributed by atoms with van der Waals surface area (Å²) in [4.78, 5) is 29.4. The van der Waals surface area contributed by atoms with Gasteiger partial charge in [-0.1, -0.05) is 36.8 Å². The van der Waals surface area contributed by atoms with E-state index in [1.165, 1.54) is 6.07 Å². The topological polar surface area (TPSA) is 112 Å². The fraction of sp³-hybridized carbons (Fsp3) is 0.138. The predicted molar refractivity (Wildman–Crippen MR) is 144 cm³/mol. The second-order valence-electron chi connectivity index (χ2n) is 9.53. The molecule has 1 aliphatic carbocycles. The zero-order valence-corrected chi connectivity index (χ0v) is 20.2. The first-order chi connectivity index (χ1) is 18.6. The molecule has 9 heteroatoms. The number of amides is 1. The van der Waals surface area contributed by atoms with Crippen LogP contribution in [-0.2, 0) is 4.79 Å². The van der Waals surface area contributed by atoms with E-state index in [1.54, 1.807) is 30.7 Å². The molecule has 2 aromatic carbocycles. The van der Waals surface area contributed by atoms with Gasteiger partial charge in [0.2, 0.25) is 5.91 Å². The van der Waals surface area contributed by atoms with Gasteiger partial charge in [-0.05, 0) is 37.1 Å². The Hall–Kier alpha value is -4.92. The highest BCUT2D eigenvalue weighted by atomic mass is 19.1. The Morgan fingerprint density at radius 3 is 2.68 bits per heavy atom. The molecule has 0 unspecified atom stereocenters. The number of carbonyl (C=O) groups excluding carboxylic acids is 1. The quantitative estimate of drug-likeness (QED) is 0.263. The van der Waals surface area contributed by atoms with Gasteiger partial charge >= 0.3 is 0 Å². The number of nitrogens with zero attached hydrogens (tertiary/aromatic N) is 4. The second-order valence-corrected chi connectivity index (χ2v) is 9.53. The lowest BCUT2D eigenvalue weighted by Gasteiger charge is -2.24. The number of imidazole rings is 1. The largest absolute Gasteiger partial charge is 0.337 e. The summed E-state index contributed by atoms with van der Waals surface area (Å²) < 4.78 is 14.6. The molecule has 3 N–H and O–H groups in total. The van der Waals surface area contributed by atoms with Gasteiger partial charge in [0.1, 0.15) is 11.5 Å². The van der Waals surface area contributed by atoms with Crippen LogP contribution in [0.15, 0.2) is 73.2 Å². The highest BCUT2D eigenvalue weighted by Gasteiger charge is 2.25. The van der Waals surface area contributed by atoms with Crippen LogP contribution >= 0.6 is 0 Å². The molecule has 1 fully saturated rings. The molecule has 38 heavy (non-hydrogen) atoms. The third-order valence-corrected chi connectivity index (χ3v) is 7.13. The molecular weight excluding hydrogens is 481 g/mol. The van der Waals surface area contributed by atoms with Crippen LogP contribution in [0.3, 0.4) is 0 Å². The van der Waals surface area contributed by atoms with E-state index in [0.29, 0.717) is 39.5 Å². The van der Waals surface area contributed by atoms with Crippen molar-refractivity contribution in [2.75, 3.05) is 5.32 Å². The van der Waals surface area contributed by atoms with Crippen molar-refractivity contribution < 1.29 is 9.18 Å². The molecule has 1 saturated carbocycles. The molecule has 0 radical (unpaired) electrons. The van der Waals surface area contributed by atoms with Crippen molar-refractivity contribution in [3.63, 3.8) is 0 Å². The molecule has 0 spiro atoms. The Kier molecular flexibility index (Phi) is 5.21. The maximum absolute atomic E-state index is 14.6. The van der Waals surface area contributed by atoms with Crippen LogP contribution in [0.4, 0.5) is 10.1 Å². The molecule has 0 aliphatic heterocycles. The molecule has 1 amide bonds. The minimum absolute atomic E-state index is 0.0374. The van der Waals surface area contributed by atoms with Crippen LogP contribution in [-0.4, -0.2) is 36.0 Å². The van der Waals surface area contributed by atoms with Gasteiger partial charge < -0.3 is 10.3 Å². The molecule has 6 aromatic rings. The van der Waals surface area contributed by atoms with Gasteiger partial charge in [0.25, 0.3) is 0 Å². The number of benzene rings is 2. The van der Waals surface area contributed by atoms with Gasteiger partial charge in [-0.3, -0.25) is 19.9 Å². The monoisotopic (exact) mass is 503 g/mol. The summed E-state index contributed by atoms with van der Waals surface area (Å²) in [5.41, 5.74) is 6.13. The van der Waals surface area contributed by atoms with Gasteiger partial charge in [-0.2, -0.15) is 5.10 Å². The average Bonchev–Trinajstić information content (AvgIpc) is 3.52. The molecule has 1 aliphatic rings. The summed E-state index contributed by atoms with van der Waals surface area (Å²) in [6, 6.07) is 16.1. The summed E-state index contributed by atoms with van der Waals surface area (Å²) in [6.07, 6.45) is 8.05. The smallest absolute Gasteiger partial charge is 0.227 e. The van der Waals surface area contributed by atoms with Gasteiger partial charge in [-0.15, -0.1) is 0 Å². The first-order valence-electron chi connectivity index (χ1n) is 12.5. The number of carbonyl (C=O) groups is 1. The Morgan fingerprint density at radius 2 is 1.84 bits per heavy atom. The summed E-state index contributed by atoms with van der Waals surface area (Å²) in [5, 5.41) is 11.3. The van der Waals surface area contributed by atoms with Crippen LogP contribution in [0.1, 0.15) is 19.3 Å². The normalized spacial score (nSPS) is 13.6. The zero-order valence-electron chi connectivity index (χ0n) is 20.2. The third kappa shape index (κ3) is 3.80. The maximum Gasteiger partial charge on any atom is 0.227 e. The number of aromatic nitrogens is 6. The Bertz CT molecular complexity index is 1840. The summed E-state index contributed by atoms with van der Waals surface area (Å²) >= 11 is 0. The fourth-order valence-corrected chi connectivity index (χ4v) is 4.86. The number of para-hydroxylation sites is 1. The molecule has 4 aromatic heterocycles. The number of H-pyrrole nitrogens is 2. The second kappa shape index (κ2) is 8.88. The van der Waals surface area contributed by atoms with Crippen LogP contribution < -0.4 is 5.32 Å². The van der Waals surface area contributed by atoms with Gasteiger partial charge in [0, 0.05) is 34.2 Å². The molecule has 7 rings (SSSR count). The molecule has 186 valence electrons. The van der Waals surface area contributed by atoms with Crippen molar-refractivity contribution in [2.24, 2.45) is 5.92 Å². The van der Waals surface area contributed by atoms with E-state index in [4.69, 9.17) is 4.98 Å². The first-order valence-corrected chi connectivity index (χ1v) is 12.5. The number of hydrogen-bond acceptors (Lipinski definition) is 5. The van der Waals surface area contributed by atoms with Crippen molar-refractivity contribution in [1.29, 1.82) is 0 Å². The van der Waals surface area contributed by atoms with Crippen molar-refractivity contribution in [1.82, 2.24) is 30.1 Å². The number of nitrogens with one attached hydrogen (secondary N) is 3. The molecule has 0 bridgehead atoms. The van der Waals surface area contributed by atoms with Crippen molar-refractivity contribution in [3.8, 4) is 33.9 Å². The average molecular weight is 504 g/mol. The molecule has 0 atom stereocenters. The van der Waals surface area contributed by atoms with E-state index in [9.17, 15) is 9.18 Å². The van der Waals surface area contributed by atoms with E-state index in [0.717, 1.165) is 41.2 Å². The summed E-state index contributed by atoms with van der Waals surface area (Å²) in [5.74, 6) is 0.386. The van der Waals surface area contributed by atoms with E-state index >= 15 is 0 Å². The lowest BCUT2D eigenvalue weighted by atomic mass is 9.85. The van der Waals surface area contributed by atoms with Gasteiger partial charge in [0.05, 0.1) is 40.3 Å². The number of halogens is 1. The van der Waals surface area contributed by atoms with E-state index in [2.05, 4.69) is 30.5 Å². The van der Waals surface area contributed by atoms with E-state index < -0.39 is 0 Å². The Balaban J connectivity index is 1.27. The molecule has 8 nitrogen and oxygen atoms in total. The standard InChI is InChI=1S/C29H22FN7O/c30-22-9-2-1-7-19(22)20-8-4-10-23-26(20)35-28(34-23)27-21-12-24(32-15-25(21)36-37-27)17-11-18(14-31-13-17)33-29(38)16-5-3-6-16/h1-2,4,7-16H,3,5-6H2,(H,33,38)(H,34,35)(H,36,37). The zero-order chi connectivity index (χ0) is 25.6. The number of hydrogen-bond donors (Lipinski definition) is 3. The number of rotatable bonds is 5. The highest BCUT2D eigenvalue weighted by molar-refractivity contribution is 5.98. The first kappa shape index (κ1) is 22.3. The number of pyridine rings is 2. The lowest BCUT2D eigenvalue weighted by molar-refractivity contribution is -0.122. The predicted octanol–water partition coefficient (Wildman–Crippen LogP) is 6.11. The van der Waals surface area contributed by atoms with E-state index in [-0.39, 0.29) is 17.6 Å². The Labute approximate surface area is 216 Å². The van der Waals surface area contributed by atoms with Crippen LogP contribution in [0.5, 0.6) is 0 Å². The minimum atomic E-state index is -0.301. The maximum atomic E-state index is 14.6.